The van der Waals surface area contributed by atoms with Gasteiger partial charge in [-0.1, -0.05) is 0 Å². The first-order chi connectivity index (χ1) is 3.46. The zero-order valence-corrected chi connectivity index (χ0v) is 9.87. The molecule has 0 atom stereocenters. The molecule has 0 heterocycles. The van der Waals surface area contributed by atoms with Crippen LogP contribution in [0.3, 0.4) is 0 Å². The molecule has 0 aliphatic heterocycles. The molecule has 0 aromatic rings. The SMILES string of the molecule is CN(C)C.CN(C)C.[CH3-].[Rh]. The molecule has 2 nitrogen and oxygen atoms in total. The van der Waals surface area contributed by atoms with Crippen LogP contribution in [0.15, 0.2) is 0 Å². The molecule has 0 aliphatic carbocycles. The minimum Gasteiger partial charge on any atom is -0.358 e. The van der Waals surface area contributed by atoms with E-state index in [-0.39, 0.29) is 26.9 Å². The van der Waals surface area contributed by atoms with E-state index in [1.807, 2.05) is 52.1 Å². The predicted molar refractivity (Wildman–Crippen MR) is 45.6 cm³/mol. The van der Waals surface area contributed by atoms with Crippen LogP contribution in [0.4, 0.5) is 0 Å². The van der Waals surface area contributed by atoms with Crippen LogP contribution in [0.1, 0.15) is 0 Å². The Labute approximate surface area is 79.3 Å². The van der Waals surface area contributed by atoms with E-state index in [2.05, 4.69) is 0 Å². The van der Waals surface area contributed by atoms with Crippen molar-refractivity contribution >= 4 is 0 Å². The molecule has 0 bridgehead atoms. The van der Waals surface area contributed by atoms with E-state index in [0.29, 0.717) is 0 Å². The second-order valence-electron chi connectivity index (χ2n) is 2.68. The van der Waals surface area contributed by atoms with Gasteiger partial charge < -0.3 is 17.2 Å². The maximum Gasteiger partial charge on any atom is 0 e. The average Bonchev–Trinajstić information content (AvgIpc) is 1.25. The Kier molecular flexibility index (Phi) is 36.5. The first-order valence-corrected chi connectivity index (χ1v) is 2.68. The fourth-order valence-corrected chi connectivity index (χ4v) is 0. The molecule has 0 spiro atoms. The van der Waals surface area contributed by atoms with Crippen LogP contribution in [0.25, 0.3) is 0 Å². The van der Waals surface area contributed by atoms with Gasteiger partial charge in [0.1, 0.15) is 0 Å². The first kappa shape index (κ1) is 22.4. The molecule has 10 heavy (non-hydrogen) atoms. The van der Waals surface area contributed by atoms with Crippen LogP contribution in [0.5, 0.6) is 0 Å². The largest absolute Gasteiger partial charge is 0.358 e. The fraction of sp³-hybridized carbons (Fsp3) is 0.857. The van der Waals surface area contributed by atoms with E-state index in [1.165, 1.54) is 0 Å². The Morgan fingerprint density at radius 2 is 0.600 bits per heavy atom. The summed E-state index contributed by atoms with van der Waals surface area (Å²) in [6, 6.07) is 0. The molecule has 0 saturated carbocycles. The maximum absolute atomic E-state index is 2.00. The van der Waals surface area contributed by atoms with Gasteiger partial charge in [-0.25, -0.2) is 0 Å². The minimum absolute atomic E-state index is 0. The Hall–Kier alpha value is 0.543. The second kappa shape index (κ2) is 16.3. The van der Waals surface area contributed by atoms with Gasteiger partial charge in [-0.2, -0.15) is 0 Å². The van der Waals surface area contributed by atoms with Crippen LogP contribution in [0.2, 0.25) is 0 Å². The molecule has 0 amide bonds. The first-order valence-electron chi connectivity index (χ1n) is 2.68. The zero-order chi connectivity index (χ0) is 7.15. The summed E-state index contributed by atoms with van der Waals surface area (Å²) < 4.78 is 0. The Morgan fingerprint density at radius 1 is 0.600 bits per heavy atom. The molecule has 1 radical (unpaired) electrons. The second-order valence-corrected chi connectivity index (χ2v) is 2.68. The Morgan fingerprint density at radius 3 is 0.600 bits per heavy atom. The van der Waals surface area contributed by atoms with Gasteiger partial charge in [-0.05, 0) is 42.3 Å². The van der Waals surface area contributed by atoms with Crippen molar-refractivity contribution in [1.29, 1.82) is 0 Å². The molecule has 0 aliphatic rings. The monoisotopic (exact) mass is 236 g/mol. The summed E-state index contributed by atoms with van der Waals surface area (Å²) in [7, 11) is 12.0. The van der Waals surface area contributed by atoms with E-state index in [1.54, 1.807) is 0 Å². The standard InChI is InChI=1S/2C3H9N.CH3.Rh/c2*1-4(2)3;;/h2*1-3H3;1H3;/q;;-1;. The van der Waals surface area contributed by atoms with Gasteiger partial charge in [-0.3, -0.25) is 0 Å². The molecular formula is C7H21N2Rh-. The van der Waals surface area contributed by atoms with Crippen LogP contribution < -0.4 is 0 Å². The molecule has 69 valence electrons. The van der Waals surface area contributed by atoms with Crippen LogP contribution in [-0.4, -0.2) is 52.1 Å². The molecule has 0 N–H and O–H groups in total. The van der Waals surface area contributed by atoms with E-state index in [4.69, 9.17) is 0 Å². The molecule has 0 saturated heterocycles. The van der Waals surface area contributed by atoms with Gasteiger partial charge >= 0.3 is 0 Å². The van der Waals surface area contributed by atoms with Crippen molar-refractivity contribution in [1.82, 2.24) is 9.80 Å². The van der Waals surface area contributed by atoms with Gasteiger partial charge in [0.05, 0.1) is 0 Å². The predicted octanol–water partition coefficient (Wildman–Crippen LogP) is 0.803. The van der Waals surface area contributed by atoms with Crippen LogP contribution in [0, 0.1) is 7.43 Å². The normalized spacial score (nSPS) is 7.20. The third-order valence-corrected chi connectivity index (χ3v) is 0. The van der Waals surface area contributed by atoms with E-state index in [9.17, 15) is 0 Å². The molecule has 0 unspecified atom stereocenters. The number of nitrogens with zero attached hydrogens (tertiary/aromatic N) is 2. The molecule has 0 fully saturated rings. The van der Waals surface area contributed by atoms with Gasteiger partial charge in [0.15, 0.2) is 0 Å². The van der Waals surface area contributed by atoms with Crippen LogP contribution in [-0.2, 0) is 19.5 Å². The van der Waals surface area contributed by atoms with Crippen molar-refractivity contribution in [2.75, 3.05) is 42.3 Å². The summed E-state index contributed by atoms with van der Waals surface area (Å²) in [4.78, 5) is 4.00. The van der Waals surface area contributed by atoms with Gasteiger partial charge in [0.25, 0.3) is 0 Å². The summed E-state index contributed by atoms with van der Waals surface area (Å²) in [5, 5.41) is 0. The molecule has 0 rings (SSSR count). The van der Waals surface area contributed by atoms with Gasteiger partial charge in [0.2, 0.25) is 0 Å². The van der Waals surface area contributed by atoms with Crippen molar-refractivity contribution in [3.8, 4) is 0 Å². The Balaban J connectivity index is -0.0000000300. The molecular weight excluding hydrogens is 215 g/mol. The van der Waals surface area contributed by atoms with E-state index >= 15 is 0 Å². The molecule has 0 aromatic carbocycles. The topological polar surface area (TPSA) is 6.48 Å². The number of rotatable bonds is 0. The smallest absolute Gasteiger partial charge is 0 e. The molecule has 3 heteroatoms. The van der Waals surface area contributed by atoms with Crippen molar-refractivity contribution in [2.24, 2.45) is 0 Å². The van der Waals surface area contributed by atoms with Crippen molar-refractivity contribution in [3.05, 3.63) is 7.43 Å². The average molecular weight is 236 g/mol. The summed E-state index contributed by atoms with van der Waals surface area (Å²) in [5.41, 5.74) is 0. The number of hydrogen-bond donors (Lipinski definition) is 0. The maximum atomic E-state index is 2.00. The quantitative estimate of drug-likeness (QED) is 0.453. The Bertz CT molecular complexity index is 27.1. The van der Waals surface area contributed by atoms with Gasteiger partial charge in [-0.15, -0.1) is 0 Å². The van der Waals surface area contributed by atoms with Crippen LogP contribution >= 0.6 is 0 Å². The summed E-state index contributed by atoms with van der Waals surface area (Å²) in [6.45, 7) is 0. The van der Waals surface area contributed by atoms with Crippen molar-refractivity contribution < 1.29 is 19.5 Å². The van der Waals surface area contributed by atoms with Gasteiger partial charge in [0, 0.05) is 19.5 Å². The summed E-state index contributed by atoms with van der Waals surface area (Å²) >= 11 is 0. The van der Waals surface area contributed by atoms with Crippen molar-refractivity contribution in [2.45, 2.75) is 0 Å². The minimum atomic E-state index is 0. The molecule has 0 aromatic heterocycles. The third kappa shape index (κ3) is 1650. The van der Waals surface area contributed by atoms with Crippen molar-refractivity contribution in [3.63, 3.8) is 0 Å². The van der Waals surface area contributed by atoms with E-state index in [0.717, 1.165) is 0 Å². The third-order valence-electron chi connectivity index (χ3n) is 0. The zero-order valence-electron chi connectivity index (χ0n) is 8.23. The summed E-state index contributed by atoms with van der Waals surface area (Å²) in [5.74, 6) is 0. The fourth-order valence-electron chi connectivity index (χ4n) is 0. The summed E-state index contributed by atoms with van der Waals surface area (Å²) in [6.07, 6.45) is 0. The number of hydrogen-bond acceptors (Lipinski definition) is 2. The van der Waals surface area contributed by atoms with E-state index < -0.39 is 0 Å².